The summed E-state index contributed by atoms with van der Waals surface area (Å²) in [5.41, 5.74) is 2.07. The summed E-state index contributed by atoms with van der Waals surface area (Å²) in [5, 5.41) is 10.3. The third-order valence-electron chi connectivity index (χ3n) is 3.05. The molecule has 0 spiro atoms. The Hall–Kier alpha value is -1.19. The number of halogens is 1. The molecule has 0 aliphatic heterocycles. The van der Waals surface area contributed by atoms with Gasteiger partial charge in [-0.3, -0.25) is 0 Å². The van der Waals surface area contributed by atoms with Crippen LogP contribution < -0.4 is 0 Å². The summed E-state index contributed by atoms with van der Waals surface area (Å²) >= 11 is 1.54. The Balaban J connectivity index is 2.42. The van der Waals surface area contributed by atoms with Gasteiger partial charge in [-0.25, -0.2) is 4.39 Å². The monoisotopic (exact) mass is 264 g/mol. The molecule has 0 radical (unpaired) electrons. The van der Waals surface area contributed by atoms with E-state index in [2.05, 4.69) is 6.92 Å². The topological polar surface area (TPSA) is 20.2 Å². The number of aliphatic hydroxyl groups excluding tert-OH is 1. The molecule has 2 rings (SSSR count). The van der Waals surface area contributed by atoms with E-state index >= 15 is 0 Å². The zero-order valence-electron chi connectivity index (χ0n) is 10.8. The molecule has 1 aromatic carbocycles. The predicted octanol–water partition coefficient (Wildman–Crippen LogP) is 4.15. The first kappa shape index (κ1) is 13.2. The fourth-order valence-electron chi connectivity index (χ4n) is 2.15. The highest BCUT2D eigenvalue weighted by Crippen LogP contribution is 2.32. The van der Waals surface area contributed by atoms with Gasteiger partial charge in [0.1, 0.15) is 11.9 Å². The van der Waals surface area contributed by atoms with E-state index in [-0.39, 0.29) is 5.82 Å². The minimum atomic E-state index is -0.865. The highest BCUT2D eigenvalue weighted by atomic mass is 32.1. The Morgan fingerprint density at radius 1 is 1.28 bits per heavy atom. The fraction of sp³-hybridized carbons (Fsp3) is 0.333. The summed E-state index contributed by atoms with van der Waals surface area (Å²) in [5.74, 6) is -0.327. The van der Waals surface area contributed by atoms with Crippen LogP contribution in [0.5, 0.6) is 0 Å². The van der Waals surface area contributed by atoms with Crippen molar-refractivity contribution < 1.29 is 9.50 Å². The number of rotatable bonds is 3. The van der Waals surface area contributed by atoms with Crippen molar-refractivity contribution in [3.05, 3.63) is 56.5 Å². The molecular weight excluding hydrogens is 247 g/mol. The molecule has 1 aromatic heterocycles. The molecule has 0 aliphatic carbocycles. The molecule has 1 heterocycles. The predicted molar refractivity (Wildman–Crippen MR) is 73.6 cm³/mol. The quantitative estimate of drug-likeness (QED) is 0.883. The van der Waals surface area contributed by atoms with Crippen molar-refractivity contribution in [1.82, 2.24) is 0 Å². The zero-order chi connectivity index (χ0) is 13.3. The maximum atomic E-state index is 14.0. The SMILES string of the molecule is CCc1ccc(C(O)c2c(C)cc(C)cc2F)s1. The minimum absolute atomic E-state index is 0.327. The maximum absolute atomic E-state index is 14.0. The van der Waals surface area contributed by atoms with Gasteiger partial charge in [-0.05, 0) is 49.6 Å². The molecule has 18 heavy (non-hydrogen) atoms. The van der Waals surface area contributed by atoms with Crippen molar-refractivity contribution in [1.29, 1.82) is 0 Å². The Morgan fingerprint density at radius 2 is 2.00 bits per heavy atom. The third kappa shape index (κ3) is 2.47. The molecule has 96 valence electrons. The second-order valence-electron chi connectivity index (χ2n) is 4.54. The lowest BCUT2D eigenvalue weighted by Crippen LogP contribution is -2.04. The molecule has 1 N–H and O–H groups in total. The lowest BCUT2D eigenvalue weighted by Gasteiger charge is -2.14. The van der Waals surface area contributed by atoms with Gasteiger partial charge in [0, 0.05) is 15.3 Å². The van der Waals surface area contributed by atoms with Crippen LogP contribution in [-0.2, 0) is 6.42 Å². The Kier molecular flexibility index (Phi) is 3.83. The van der Waals surface area contributed by atoms with Crippen LogP contribution in [0.2, 0.25) is 0 Å². The molecule has 0 saturated carbocycles. The first-order valence-electron chi connectivity index (χ1n) is 6.06. The minimum Gasteiger partial charge on any atom is -0.383 e. The Morgan fingerprint density at radius 3 is 2.56 bits per heavy atom. The standard InChI is InChI=1S/C15H17FOS/c1-4-11-5-6-13(18-11)15(17)14-10(3)7-9(2)8-12(14)16/h5-8,15,17H,4H2,1-3H3. The van der Waals surface area contributed by atoms with E-state index in [0.29, 0.717) is 5.56 Å². The van der Waals surface area contributed by atoms with Crippen LogP contribution in [0.4, 0.5) is 4.39 Å². The Bertz CT molecular complexity index is 536. The van der Waals surface area contributed by atoms with Crippen LogP contribution in [0.25, 0.3) is 0 Å². The first-order chi connectivity index (χ1) is 8.52. The van der Waals surface area contributed by atoms with Crippen LogP contribution in [0.15, 0.2) is 24.3 Å². The van der Waals surface area contributed by atoms with Crippen molar-refractivity contribution >= 4 is 11.3 Å². The summed E-state index contributed by atoms with van der Waals surface area (Å²) in [6.45, 7) is 5.76. The van der Waals surface area contributed by atoms with Crippen LogP contribution in [0.1, 0.15) is 39.5 Å². The van der Waals surface area contributed by atoms with Crippen molar-refractivity contribution in [2.75, 3.05) is 0 Å². The average Bonchev–Trinajstić information content (AvgIpc) is 2.75. The number of aryl methyl sites for hydroxylation is 3. The van der Waals surface area contributed by atoms with Gasteiger partial charge in [-0.1, -0.05) is 13.0 Å². The van der Waals surface area contributed by atoms with Crippen molar-refractivity contribution in [3.8, 4) is 0 Å². The molecule has 3 heteroatoms. The van der Waals surface area contributed by atoms with Crippen LogP contribution >= 0.6 is 11.3 Å². The van der Waals surface area contributed by atoms with Crippen molar-refractivity contribution in [2.45, 2.75) is 33.3 Å². The lowest BCUT2D eigenvalue weighted by atomic mass is 9.99. The molecule has 0 saturated heterocycles. The van der Waals surface area contributed by atoms with E-state index in [9.17, 15) is 9.50 Å². The summed E-state index contributed by atoms with van der Waals surface area (Å²) in [6, 6.07) is 7.24. The van der Waals surface area contributed by atoms with Gasteiger partial charge in [0.05, 0.1) is 0 Å². The molecule has 1 unspecified atom stereocenters. The molecule has 2 aromatic rings. The summed E-state index contributed by atoms with van der Waals surface area (Å²) in [6.07, 6.45) is 0.0723. The van der Waals surface area contributed by atoms with Gasteiger partial charge < -0.3 is 5.11 Å². The van der Waals surface area contributed by atoms with Crippen LogP contribution in [-0.4, -0.2) is 5.11 Å². The van der Waals surface area contributed by atoms with Crippen molar-refractivity contribution in [2.24, 2.45) is 0 Å². The van der Waals surface area contributed by atoms with Gasteiger partial charge in [0.15, 0.2) is 0 Å². The van der Waals surface area contributed by atoms with Gasteiger partial charge >= 0.3 is 0 Å². The van der Waals surface area contributed by atoms with Crippen LogP contribution in [0.3, 0.4) is 0 Å². The van der Waals surface area contributed by atoms with Gasteiger partial charge in [-0.15, -0.1) is 11.3 Å². The van der Waals surface area contributed by atoms with Crippen molar-refractivity contribution in [3.63, 3.8) is 0 Å². The largest absolute Gasteiger partial charge is 0.383 e. The molecule has 0 amide bonds. The molecule has 1 atom stereocenters. The molecule has 0 bridgehead atoms. The summed E-state index contributed by atoms with van der Waals surface area (Å²) in [4.78, 5) is 2.01. The van der Waals surface area contributed by atoms with Gasteiger partial charge in [0.25, 0.3) is 0 Å². The number of thiophene rings is 1. The van der Waals surface area contributed by atoms with E-state index in [0.717, 1.165) is 22.4 Å². The lowest BCUT2D eigenvalue weighted by molar-refractivity contribution is 0.218. The van der Waals surface area contributed by atoms with E-state index in [4.69, 9.17) is 0 Å². The molecular formula is C15H17FOS. The smallest absolute Gasteiger partial charge is 0.129 e. The number of aliphatic hydroxyl groups is 1. The number of hydrogen-bond acceptors (Lipinski definition) is 2. The highest BCUT2D eigenvalue weighted by molar-refractivity contribution is 7.12. The molecule has 0 aliphatic rings. The normalized spacial score (nSPS) is 12.7. The number of hydrogen-bond donors (Lipinski definition) is 1. The van der Waals surface area contributed by atoms with Gasteiger partial charge in [-0.2, -0.15) is 0 Å². The third-order valence-corrected chi connectivity index (χ3v) is 4.34. The molecule has 0 fully saturated rings. The van der Waals surface area contributed by atoms with E-state index in [1.807, 2.05) is 32.0 Å². The average molecular weight is 264 g/mol. The zero-order valence-corrected chi connectivity index (χ0v) is 11.6. The first-order valence-corrected chi connectivity index (χ1v) is 6.88. The molecule has 1 nitrogen and oxygen atoms in total. The highest BCUT2D eigenvalue weighted by Gasteiger charge is 2.19. The number of benzene rings is 1. The Labute approximate surface area is 111 Å². The van der Waals surface area contributed by atoms with E-state index < -0.39 is 6.10 Å². The van der Waals surface area contributed by atoms with Gasteiger partial charge in [0.2, 0.25) is 0 Å². The maximum Gasteiger partial charge on any atom is 0.129 e. The van der Waals surface area contributed by atoms with E-state index in [1.54, 1.807) is 11.3 Å². The second kappa shape index (κ2) is 5.21. The summed E-state index contributed by atoms with van der Waals surface area (Å²) < 4.78 is 14.0. The fourth-order valence-corrected chi connectivity index (χ4v) is 3.10. The van der Waals surface area contributed by atoms with E-state index in [1.165, 1.54) is 10.9 Å². The second-order valence-corrected chi connectivity index (χ2v) is 5.74. The van der Waals surface area contributed by atoms with Crippen LogP contribution in [0, 0.1) is 19.7 Å². The summed E-state index contributed by atoms with van der Waals surface area (Å²) in [7, 11) is 0.